The fourth-order valence-corrected chi connectivity index (χ4v) is 2.14. The molecule has 0 bridgehead atoms. The minimum Gasteiger partial charge on any atom is -0.315 e. The summed E-state index contributed by atoms with van der Waals surface area (Å²) in [4.78, 5) is 13.6. The molecule has 3 heteroatoms. The van der Waals surface area contributed by atoms with E-state index in [4.69, 9.17) is 6.42 Å². The van der Waals surface area contributed by atoms with Crippen molar-refractivity contribution in [3.05, 3.63) is 29.8 Å². The molecule has 1 aliphatic rings. The second-order valence-corrected chi connectivity index (χ2v) is 4.18. The van der Waals surface area contributed by atoms with Crippen molar-refractivity contribution >= 4 is 11.6 Å². The number of benzene rings is 1. The summed E-state index contributed by atoms with van der Waals surface area (Å²) >= 11 is 0. The maximum absolute atomic E-state index is 11.8. The van der Waals surface area contributed by atoms with Gasteiger partial charge in [-0.1, -0.05) is 18.2 Å². The summed E-state index contributed by atoms with van der Waals surface area (Å²) in [5.74, 6) is 2.73. The second-order valence-electron chi connectivity index (χ2n) is 4.18. The van der Waals surface area contributed by atoms with Gasteiger partial charge < -0.3 is 10.2 Å². The van der Waals surface area contributed by atoms with Crippen LogP contribution in [-0.2, 0) is 4.79 Å². The number of rotatable bonds is 3. The molecule has 3 nitrogen and oxygen atoms in total. The van der Waals surface area contributed by atoms with E-state index >= 15 is 0 Å². The molecule has 0 aromatic heterocycles. The fraction of sp³-hybridized carbons (Fsp3) is 0.357. The van der Waals surface area contributed by atoms with E-state index < -0.39 is 0 Å². The first-order chi connectivity index (χ1) is 8.24. The van der Waals surface area contributed by atoms with Crippen LogP contribution in [0.15, 0.2) is 24.3 Å². The van der Waals surface area contributed by atoms with Crippen molar-refractivity contribution < 1.29 is 4.79 Å². The van der Waals surface area contributed by atoms with Gasteiger partial charge in [-0.3, -0.25) is 4.79 Å². The van der Waals surface area contributed by atoms with E-state index in [2.05, 4.69) is 17.3 Å². The van der Waals surface area contributed by atoms with Crippen LogP contribution in [0.4, 0.5) is 5.69 Å². The molecule has 2 rings (SSSR count). The lowest BCUT2D eigenvalue weighted by Crippen LogP contribution is -2.38. The number of para-hydroxylation sites is 1. The van der Waals surface area contributed by atoms with E-state index in [1.165, 1.54) is 5.56 Å². The molecule has 1 aliphatic heterocycles. The van der Waals surface area contributed by atoms with Crippen molar-refractivity contribution in [2.24, 2.45) is 0 Å². The molecule has 0 aliphatic carbocycles. The Kier molecular flexibility index (Phi) is 3.46. The van der Waals surface area contributed by atoms with E-state index in [-0.39, 0.29) is 11.9 Å². The molecule has 1 N–H and O–H groups in total. The van der Waals surface area contributed by atoms with Crippen LogP contribution in [0, 0.1) is 12.3 Å². The van der Waals surface area contributed by atoms with Crippen molar-refractivity contribution in [1.29, 1.82) is 0 Å². The Balaban J connectivity index is 2.22. The van der Waals surface area contributed by atoms with Gasteiger partial charge in [0.25, 0.3) is 0 Å². The highest BCUT2D eigenvalue weighted by molar-refractivity contribution is 5.96. The highest BCUT2D eigenvalue weighted by atomic mass is 16.2. The van der Waals surface area contributed by atoms with Crippen molar-refractivity contribution in [2.45, 2.75) is 18.9 Å². The normalized spacial score (nSPS) is 18.7. The summed E-state index contributed by atoms with van der Waals surface area (Å²) in [6, 6.07) is 8.07. The largest absolute Gasteiger partial charge is 0.315 e. The quantitative estimate of drug-likeness (QED) is 0.631. The molecule has 88 valence electrons. The van der Waals surface area contributed by atoms with Crippen LogP contribution in [0.25, 0.3) is 0 Å². The summed E-state index contributed by atoms with van der Waals surface area (Å²) in [5.41, 5.74) is 2.16. The van der Waals surface area contributed by atoms with Crippen LogP contribution in [0.2, 0.25) is 0 Å². The van der Waals surface area contributed by atoms with Crippen molar-refractivity contribution in [3.63, 3.8) is 0 Å². The van der Waals surface area contributed by atoms with Gasteiger partial charge in [0.15, 0.2) is 0 Å². The summed E-state index contributed by atoms with van der Waals surface area (Å²) in [6.45, 7) is 0.743. The van der Waals surface area contributed by atoms with Crippen LogP contribution >= 0.6 is 0 Å². The SMILES string of the molecule is C#CCCNC1CC(=O)N(C)c2ccccc21. The Morgan fingerprint density at radius 1 is 1.53 bits per heavy atom. The fourth-order valence-electron chi connectivity index (χ4n) is 2.14. The number of carbonyl (C=O) groups is 1. The number of hydrogen-bond acceptors (Lipinski definition) is 2. The molecule has 1 unspecified atom stereocenters. The molecule has 1 atom stereocenters. The molecule has 1 heterocycles. The Labute approximate surface area is 102 Å². The van der Waals surface area contributed by atoms with Crippen LogP contribution in [0.1, 0.15) is 24.4 Å². The molecule has 1 amide bonds. The van der Waals surface area contributed by atoms with Crippen LogP contribution in [0.3, 0.4) is 0 Å². The van der Waals surface area contributed by atoms with Gasteiger partial charge in [-0.15, -0.1) is 12.3 Å². The molecule has 1 aromatic rings. The Hall–Kier alpha value is -1.79. The predicted molar refractivity (Wildman–Crippen MR) is 68.7 cm³/mol. The molecule has 0 saturated heterocycles. The molecule has 0 saturated carbocycles. The molecular weight excluding hydrogens is 212 g/mol. The number of fused-ring (bicyclic) bond motifs is 1. The Morgan fingerprint density at radius 2 is 2.29 bits per heavy atom. The lowest BCUT2D eigenvalue weighted by Gasteiger charge is -2.32. The van der Waals surface area contributed by atoms with Crippen molar-refractivity contribution in [1.82, 2.24) is 5.32 Å². The molecule has 0 radical (unpaired) electrons. The van der Waals surface area contributed by atoms with E-state index in [1.807, 2.05) is 25.2 Å². The van der Waals surface area contributed by atoms with Gasteiger partial charge >= 0.3 is 0 Å². The first-order valence-corrected chi connectivity index (χ1v) is 5.76. The average Bonchev–Trinajstić information content (AvgIpc) is 2.36. The van der Waals surface area contributed by atoms with Gasteiger partial charge in [-0.05, 0) is 11.6 Å². The van der Waals surface area contributed by atoms with Crippen molar-refractivity contribution in [2.75, 3.05) is 18.5 Å². The second kappa shape index (κ2) is 5.03. The number of hydrogen-bond donors (Lipinski definition) is 1. The molecule has 1 aromatic carbocycles. The van der Waals surface area contributed by atoms with Gasteiger partial charge in [0.2, 0.25) is 5.91 Å². The summed E-state index contributed by atoms with van der Waals surface area (Å²) in [7, 11) is 1.82. The summed E-state index contributed by atoms with van der Waals surface area (Å²) in [6.07, 6.45) is 6.40. The highest BCUT2D eigenvalue weighted by Crippen LogP contribution is 2.33. The maximum Gasteiger partial charge on any atom is 0.228 e. The topological polar surface area (TPSA) is 32.3 Å². The zero-order valence-corrected chi connectivity index (χ0v) is 9.94. The first-order valence-electron chi connectivity index (χ1n) is 5.76. The smallest absolute Gasteiger partial charge is 0.228 e. The van der Waals surface area contributed by atoms with E-state index in [9.17, 15) is 4.79 Å². The van der Waals surface area contributed by atoms with Gasteiger partial charge in [-0.25, -0.2) is 0 Å². The lowest BCUT2D eigenvalue weighted by atomic mass is 9.96. The number of nitrogens with one attached hydrogen (secondary N) is 1. The number of terminal acetylenes is 1. The molecule has 0 fully saturated rings. The zero-order valence-electron chi connectivity index (χ0n) is 9.94. The Morgan fingerprint density at radius 3 is 3.06 bits per heavy atom. The van der Waals surface area contributed by atoms with Gasteiger partial charge in [0.05, 0.1) is 0 Å². The maximum atomic E-state index is 11.8. The third-order valence-corrected chi connectivity index (χ3v) is 3.09. The van der Waals surface area contributed by atoms with Gasteiger partial charge in [-0.2, -0.15) is 0 Å². The third-order valence-electron chi connectivity index (χ3n) is 3.09. The molecule has 17 heavy (non-hydrogen) atoms. The van der Waals surface area contributed by atoms with Crippen LogP contribution in [0.5, 0.6) is 0 Å². The predicted octanol–water partition coefficient (Wildman–Crippen LogP) is 1.71. The van der Waals surface area contributed by atoms with Gasteiger partial charge in [0, 0.05) is 38.2 Å². The number of carbonyl (C=O) groups excluding carboxylic acids is 1. The molecular formula is C14H16N2O. The van der Waals surface area contributed by atoms with E-state index in [0.717, 1.165) is 12.2 Å². The third kappa shape index (κ3) is 2.32. The van der Waals surface area contributed by atoms with Gasteiger partial charge in [0.1, 0.15) is 0 Å². The number of amides is 1. The number of anilines is 1. The van der Waals surface area contributed by atoms with Crippen LogP contribution in [-0.4, -0.2) is 19.5 Å². The molecule has 0 spiro atoms. The Bertz CT molecular complexity index is 462. The monoisotopic (exact) mass is 228 g/mol. The standard InChI is InChI=1S/C14H16N2O/c1-3-4-9-15-12-10-14(17)16(2)13-8-6-5-7-11(12)13/h1,5-8,12,15H,4,9-10H2,2H3. The zero-order chi connectivity index (χ0) is 12.3. The lowest BCUT2D eigenvalue weighted by molar-refractivity contribution is -0.119. The highest BCUT2D eigenvalue weighted by Gasteiger charge is 2.27. The van der Waals surface area contributed by atoms with E-state index in [1.54, 1.807) is 4.90 Å². The minimum atomic E-state index is 0.0863. The summed E-state index contributed by atoms with van der Waals surface area (Å²) in [5, 5.41) is 3.34. The van der Waals surface area contributed by atoms with E-state index in [0.29, 0.717) is 12.8 Å². The van der Waals surface area contributed by atoms with Crippen LogP contribution < -0.4 is 10.2 Å². The average molecular weight is 228 g/mol. The van der Waals surface area contributed by atoms with Crippen molar-refractivity contribution in [3.8, 4) is 12.3 Å². The summed E-state index contributed by atoms with van der Waals surface area (Å²) < 4.78 is 0. The minimum absolute atomic E-state index is 0.0863. The first kappa shape index (κ1) is 11.7. The number of nitrogens with zero attached hydrogens (tertiary/aromatic N) is 1.